The van der Waals surface area contributed by atoms with Gasteiger partial charge in [0.05, 0.1) is 13.7 Å². The number of anilines is 1. The summed E-state index contributed by atoms with van der Waals surface area (Å²) in [6, 6.07) is 8.21. The molecule has 128 valence electrons. The van der Waals surface area contributed by atoms with Gasteiger partial charge in [-0.15, -0.1) is 11.3 Å². The van der Waals surface area contributed by atoms with Gasteiger partial charge >= 0.3 is 6.03 Å². The van der Waals surface area contributed by atoms with Crippen LogP contribution >= 0.6 is 11.3 Å². The fourth-order valence-corrected chi connectivity index (χ4v) is 3.36. The van der Waals surface area contributed by atoms with E-state index in [-0.39, 0.29) is 12.1 Å². The molecule has 7 heteroatoms. The highest BCUT2D eigenvalue weighted by Gasteiger charge is 2.20. The van der Waals surface area contributed by atoms with Crippen LogP contribution in [0.15, 0.2) is 35.8 Å². The van der Waals surface area contributed by atoms with E-state index in [4.69, 9.17) is 4.74 Å². The Labute approximate surface area is 145 Å². The maximum absolute atomic E-state index is 12.0. The Balaban J connectivity index is 1.42. The van der Waals surface area contributed by atoms with E-state index in [1.165, 1.54) is 5.69 Å². The third kappa shape index (κ3) is 4.38. The Morgan fingerprint density at radius 1 is 1.33 bits per heavy atom. The molecule has 0 spiro atoms. The van der Waals surface area contributed by atoms with Crippen molar-refractivity contribution in [1.82, 2.24) is 15.6 Å². The van der Waals surface area contributed by atoms with Crippen molar-refractivity contribution >= 4 is 23.1 Å². The first-order valence-electron chi connectivity index (χ1n) is 8.06. The molecule has 1 saturated heterocycles. The van der Waals surface area contributed by atoms with Gasteiger partial charge < -0.3 is 20.3 Å². The molecule has 24 heavy (non-hydrogen) atoms. The van der Waals surface area contributed by atoms with Gasteiger partial charge in [-0.1, -0.05) is 0 Å². The molecule has 1 aliphatic heterocycles. The molecule has 2 N–H and O–H groups in total. The van der Waals surface area contributed by atoms with Gasteiger partial charge in [-0.05, 0) is 37.1 Å². The molecule has 0 atom stereocenters. The molecule has 2 aromatic rings. The van der Waals surface area contributed by atoms with Crippen molar-refractivity contribution in [2.75, 3.05) is 25.1 Å². The fraction of sp³-hybridized carbons (Fsp3) is 0.412. The minimum atomic E-state index is -0.118. The van der Waals surface area contributed by atoms with E-state index >= 15 is 0 Å². The fourth-order valence-electron chi connectivity index (χ4n) is 2.81. The van der Waals surface area contributed by atoms with E-state index in [1.807, 2.05) is 17.5 Å². The molecule has 1 aromatic heterocycles. The molecule has 1 aromatic carbocycles. The van der Waals surface area contributed by atoms with Crippen LogP contribution < -0.4 is 20.3 Å². The molecule has 1 fully saturated rings. The third-order valence-electron chi connectivity index (χ3n) is 4.15. The number of rotatable bonds is 5. The van der Waals surface area contributed by atoms with Crippen molar-refractivity contribution in [3.63, 3.8) is 0 Å². The number of nitrogens with one attached hydrogen (secondary N) is 2. The minimum Gasteiger partial charge on any atom is -0.497 e. The summed E-state index contributed by atoms with van der Waals surface area (Å²) < 4.78 is 5.19. The molecule has 0 radical (unpaired) electrons. The van der Waals surface area contributed by atoms with Crippen LogP contribution in [0.25, 0.3) is 0 Å². The molecule has 0 unspecified atom stereocenters. The number of hydrogen-bond acceptors (Lipinski definition) is 5. The number of nitrogens with zero attached hydrogens (tertiary/aromatic N) is 2. The number of carbonyl (C=O) groups excluding carboxylic acids is 1. The Kier molecular flexibility index (Phi) is 5.53. The van der Waals surface area contributed by atoms with Crippen LogP contribution in [0.2, 0.25) is 0 Å². The Hall–Kier alpha value is -2.28. The predicted octanol–water partition coefficient (Wildman–Crippen LogP) is 2.62. The summed E-state index contributed by atoms with van der Waals surface area (Å²) in [6.45, 7) is 2.35. The standard InChI is InChI=1S/C17H22N4O2S/c1-23-15-4-2-14(3-5-15)21-9-6-13(7-10-21)20-17(22)19-12-16-18-8-11-24-16/h2-5,8,11,13H,6-7,9-10,12H2,1H3,(H2,19,20,22). The second kappa shape index (κ2) is 8.01. The molecule has 3 rings (SSSR count). The van der Waals surface area contributed by atoms with Crippen LogP contribution in [0, 0.1) is 0 Å². The highest BCUT2D eigenvalue weighted by Crippen LogP contribution is 2.22. The van der Waals surface area contributed by atoms with Gasteiger partial charge in [0.25, 0.3) is 0 Å². The monoisotopic (exact) mass is 346 g/mol. The molecule has 6 nitrogen and oxygen atoms in total. The highest BCUT2D eigenvalue weighted by atomic mass is 32.1. The number of urea groups is 1. The maximum atomic E-state index is 12.0. The molecular weight excluding hydrogens is 324 g/mol. The van der Waals surface area contributed by atoms with E-state index in [0.29, 0.717) is 6.54 Å². The van der Waals surface area contributed by atoms with Crippen molar-refractivity contribution in [2.24, 2.45) is 0 Å². The lowest BCUT2D eigenvalue weighted by atomic mass is 10.0. The lowest BCUT2D eigenvalue weighted by molar-refractivity contribution is 0.234. The van der Waals surface area contributed by atoms with Crippen molar-refractivity contribution in [1.29, 1.82) is 0 Å². The SMILES string of the molecule is COc1ccc(N2CCC(NC(=O)NCc3nccs3)CC2)cc1. The molecule has 1 aliphatic rings. The summed E-state index contributed by atoms with van der Waals surface area (Å²) in [5, 5.41) is 8.73. The van der Waals surface area contributed by atoms with Gasteiger partial charge in [-0.25, -0.2) is 9.78 Å². The summed E-state index contributed by atoms with van der Waals surface area (Å²) in [4.78, 5) is 18.4. The number of benzene rings is 1. The molecule has 0 saturated carbocycles. The molecule has 2 heterocycles. The Morgan fingerprint density at radius 3 is 2.71 bits per heavy atom. The van der Waals surface area contributed by atoms with Crippen molar-refractivity contribution in [3.8, 4) is 5.75 Å². The van der Waals surface area contributed by atoms with Crippen LogP contribution in [-0.4, -0.2) is 37.3 Å². The van der Waals surface area contributed by atoms with Crippen molar-refractivity contribution in [2.45, 2.75) is 25.4 Å². The molecule has 2 amide bonds. The number of thiazole rings is 1. The second-order valence-electron chi connectivity index (χ2n) is 5.71. The van der Waals surface area contributed by atoms with Crippen LogP contribution in [0.1, 0.15) is 17.8 Å². The Bertz CT molecular complexity index is 637. The van der Waals surface area contributed by atoms with Gasteiger partial charge in [0.1, 0.15) is 10.8 Å². The third-order valence-corrected chi connectivity index (χ3v) is 4.93. The highest BCUT2D eigenvalue weighted by molar-refractivity contribution is 7.09. The van der Waals surface area contributed by atoms with Crippen LogP contribution in [0.5, 0.6) is 5.75 Å². The van der Waals surface area contributed by atoms with Crippen LogP contribution in [-0.2, 0) is 6.54 Å². The lowest BCUT2D eigenvalue weighted by Crippen LogP contribution is -2.47. The largest absolute Gasteiger partial charge is 0.497 e. The van der Waals surface area contributed by atoms with Crippen molar-refractivity contribution in [3.05, 3.63) is 40.8 Å². The number of carbonyl (C=O) groups is 1. The average molecular weight is 346 g/mol. The van der Waals surface area contributed by atoms with E-state index in [9.17, 15) is 4.79 Å². The normalized spacial score (nSPS) is 15.1. The second-order valence-corrected chi connectivity index (χ2v) is 6.69. The first kappa shape index (κ1) is 16.6. The summed E-state index contributed by atoms with van der Waals surface area (Å²) in [5.41, 5.74) is 1.20. The summed E-state index contributed by atoms with van der Waals surface area (Å²) in [5.74, 6) is 0.868. The maximum Gasteiger partial charge on any atom is 0.315 e. The lowest BCUT2D eigenvalue weighted by Gasteiger charge is -2.34. The number of amides is 2. The van der Waals surface area contributed by atoms with Gasteiger partial charge in [0.15, 0.2) is 0 Å². The topological polar surface area (TPSA) is 66.5 Å². The summed E-state index contributed by atoms with van der Waals surface area (Å²) >= 11 is 1.54. The molecule has 0 bridgehead atoms. The predicted molar refractivity (Wildman–Crippen MR) is 95.7 cm³/mol. The number of ether oxygens (including phenoxy) is 1. The molecule has 0 aliphatic carbocycles. The first-order chi connectivity index (χ1) is 11.7. The average Bonchev–Trinajstić information content (AvgIpc) is 3.14. The van der Waals surface area contributed by atoms with E-state index in [0.717, 1.165) is 36.7 Å². The van der Waals surface area contributed by atoms with Gasteiger partial charge in [0, 0.05) is 36.4 Å². The summed E-state index contributed by atoms with van der Waals surface area (Å²) in [6.07, 6.45) is 3.63. The van der Waals surface area contributed by atoms with Crippen molar-refractivity contribution < 1.29 is 9.53 Å². The van der Waals surface area contributed by atoms with E-state index in [2.05, 4.69) is 32.7 Å². The van der Waals surface area contributed by atoms with E-state index < -0.39 is 0 Å². The number of hydrogen-bond donors (Lipinski definition) is 2. The zero-order valence-corrected chi connectivity index (χ0v) is 14.5. The number of methoxy groups -OCH3 is 1. The summed E-state index contributed by atoms with van der Waals surface area (Å²) in [7, 11) is 1.67. The van der Waals surface area contributed by atoms with Crippen LogP contribution in [0.4, 0.5) is 10.5 Å². The minimum absolute atomic E-state index is 0.118. The van der Waals surface area contributed by atoms with Gasteiger partial charge in [0.2, 0.25) is 0 Å². The van der Waals surface area contributed by atoms with Gasteiger partial charge in [-0.3, -0.25) is 0 Å². The van der Waals surface area contributed by atoms with Crippen LogP contribution in [0.3, 0.4) is 0 Å². The first-order valence-corrected chi connectivity index (χ1v) is 8.94. The zero-order chi connectivity index (χ0) is 16.8. The smallest absolute Gasteiger partial charge is 0.315 e. The Morgan fingerprint density at radius 2 is 2.08 bits per heavy atom. The van der Waals surface area contributed by atoms with E-state index in [1.54, 1.807) is 24.6 Å². The zero-order valence-electron chi connectivity index (χ0n) is 13.7. The van der Waals surface area contributed by atoms with Gasteiger partial charge in [-0.2, -0.15) is 0 Å². The number of aromatic nitrogens is 1. The quantitative estimate of drug-likeness (QED) is 0.873. The molecular formula is C17H22N4O2S. The number of piperidine rings is 1.